The highest BCUT2D eigenvalue weighted by Gasteiger charge is 2.43. The van der Waals surface area contributed by atoms with E-state index >= 15 is 0 Å². The lowest BCUT2D eigenvalue weighted by Crippen LogP contribution is -2.46. The van der Waals surface area contributed by atoms with Crippen LogP contribution in [0.2, 0.25) is 0 Å². The van der Waals surface area contributed by atoms with Crippen molar-refractivity contribution in [2.45, 2.75) is 101 Å². The molecule has 6 nitrogen and oxygen atoms in total. The van der Waals surface area contributed by atoms with E-state index in [2.05, 4.69) is 51.3 Å². The molecule has 2 aliphatic heterocycles. The maximum absolute atomic E-state index is 12.5. The molecule has 3 atom stereocenters. The van der Waals surface area contributed by atoms with Crippen molar-refractivity contribution in [1.82, 2.24) is 20.0 Å². The molecule has 2 saturated carbocycles. The molecule has 0 radical (unpaired) electrons. The van der Waals surface area contributed by atoms with Gasteiger partial charge < -0.3 is 10.0 Å². The molecule has 212 valence electrons. The molecule has 1 aromatic heterocycles. The zero-order chi connectivity index (χ0) is 26.6. The predicted octanol–water partition coefficient (Wildman–Crippen LogP) is 6.39. The van der Waals surface area contributed by atoms with Gasteiger partial charge in [-0.2, -0.15) is 5.10 Å². The zero-order valence-electron chi connectivity index (χ0n) is 23.6. The Morgan fingerprint density at radius 3 is 2.28 bits per heavy atom. The smallest absolute Gasteiger partial charge is 0.321 e. The normalized spacial score (nSPS) is 27.6. The van der Waals surface area contributed by atoms with Gasteiger partial charge in [0.15, 0.2) is 0 Å². The van der Waals surface area contributed by atoms with Crippen LogP contribution >= 0.6 is 0 Å². The number of aromatic amines is 1. The predicted molar refractivity (Wildman–Crippen MR) is 155 cm³/mol. The number of piperidine rings is 1. The summed E-state index contributed by atoms with van der Waals surface area (Å²) in [4.78, 5) is 17.6. The average Bonchev–Trinajstić information content (AvgIpc) is 3.63. The lowest BCUT2D eigenvalue weighted by molar-refractivity contribution is -0.145. The van der Waals surface area contributed by atoms with Crippen LogP contribution in [0.1, 0.15) is 112 Å². The minimum absolute atomic E-state index is 0.301. The number of aliphatic carboxylic acids is 1. The second-order valence-electron chi connectivity index (χ2n) is 13.1. The Kier molecular flexibility index (Phi) is 8.69. The molecule has 6 heteroatoms. The highest BCUT2D eigenvalue weighted by Crippen LogP contribution is 2.39. The Bertz CT molecular complexity index is 1050. The van der Waals surface area contributed by atoms with Gasteiger partial charge in [-0.15, -0.1) is 0 Å². The van der Waals surface area contributed by atoms with Crippen molar-refractivity contribution in [1.29, 1.82) is 0 Å². The minimum Gasteiger partial charge on any atom is -0.480 e. The van der Waals surface area contributed by atoms with E-state index in [0.29, 0.717) is 29.6 Å². The van der Waals surface area contributed by atoms with E-state index in [9.17, 15) is 9.90 Å². The molecule has 1 unspecified atom stereocenters. The fourth-order valence-corrected chi connectivity index (χ4v) is 8.43. The van der Waals surface area contributed by atoms with Crippen LogP contribution in [0.25, 0.3) is 0 Å². The van der Waals surface area contributed by atoms with Crippen molar-refractivity contribution in [3.05, 3.63) is 53.3 Å². The Balaban J connectivity index is 1.10. The second-order valence-corrected chi connectivity index (χ2v) is 13.1. The number of aromatic nitrogens is 2. The molecule has 0 amide bonds. The largest absolute Gasteiger partial charge is 0.480 e. The number of hydrogen-bond donors (Lipinski definition) is 2. The molecule has 2 aromatic rings. The van der Waals surface area contributed by atoms with E-state index < -0.39 is 5.97 Å². The van der Waals surface area contributed by atoms with Gasteiger partial charge in [0.05, 0.1) is 5.69 Å². The minimum atomic E-state index is -0.609. The molecule has 3 heterocycles. The summed E-state index contributed by atoms with van der Waals surface area (Å²) >= 11 is 0. The number of benzene rings is 1. The van der Waals surface area contributed by atoms with E-state index in [1.807, 2.05) is 0 Å². The molecule has 4 aliphatic rings. The summed E-state index contributed by atoms with van der Waals surface area (Å²) in [7, 11) is 0. The molecule has 2 N–H and O–H groups in total. The summed E-state index contributed by atoms with van der Waals surface area (Å²) < 4.78 is 0. The van der Waals surface area contributed by atoms with Crippen molar-refractivity contribution < 1.29 is 9.90 Å². The van der Waals surface area contributed by atoms with Gasteiger partial charge in [0.25, 0.3) is 0 Å². The van der Waals surface area contributed by atoms with Crippen LogP contribution in [0.5, 0.6) is 0 Å². The fourth-order valence-electron chi connectivity index (χ4n) is 8.43. The van der Waals surface area contributed by atoms with E-state index in [1.165, 1.54) is 81.2 Å². The summed E-state index contributed by atoms with van der Waals surface area (Å²) in [5.41, 5.74) is 4.02. The van der Waals surface area contributed by atoms with Gasteiger partial charge in [0.1, 0.15) is 6.04 Å². The van der Waals surface area contributed by atoms with Crippen LogP contribution in [-0.4, -0.2) is 69.8 Å². The summed E-state index contributed by atoms with van der Waals surface area (Å²) in [6, 6.07) is 12.9. The number of likely N-dealkylation sites (tertiary alicyclic amines) is 2. The van der Waals surface area contributed by atoms with Crippen LogP contribution in [0.15, 0.2) is 36.4 Å². The molecular weight excluding hydrogens is 484 g/mol. The third kappa shape index (κ3) is 6.27. The number of nitrogens with zero attached hydrogens (tertiary/aromatic N) is 3. The van der Waals surface area contributed by atoms with Gasteiger partial charge in [0.2, 0.25) is 0 Å². The van der Waals surface area contributed by atoms with Crippen LogP contribution in [0, 0.1) is 11.8 Å². The third-order valence-electron chi connectivity index (χ3n) is 10.6. The molecule has 6 rings (SSSR count). The summed E-state index contributed by atoms with van der Waals surface area (Å²) in [5, 5.41) is 18.5. The molecule has 2 saturated heterocycles. The lowest BCUT2D eigenvalue weighted by atomic mass is 9.83. The number of carboxylic acid groups (broad SMARTS) is 1. The monoisotopic (exact) mass is 532 g/mol. The number of rotatable bonds is 8. The third-order valence-corrected chi connectivity index (χ3v) is 10.6. The van der Waals surface area contributed by atoms with Crippen molar-refractivity contribution in [3.63, 3.8) is 0 Å². The van der Waals surface area contributed by atoms with Crippen molar-refractivity contribution in [3.8, 4) is 0 Å². The molecule has 0 bridgehead atoms. The molecule has 2 aliphatic carbocycles. The van der Waals surface area contributed by atoms with Gasteiger partial charge in [0, 0.05) is 43.1 Å². The maximum Gasteiger partial charge on any atom is 0.321 e. The topological polar surface area (TPSA) is 72.5 Å². The molecule has 39 heavy (non-hydrogen) atoms. The number of nitrogens with one attached hydrogen (secondary N) is 1. The molecule has 1 aromatic carbocycles. The first kappa shape index (κ1) is 27.0. The summed E-state index contributed by atoms with van der Waals surface area (Å²) in [6.07, 6.45) is 14.8. The van der Waals surface area contributed by atoms with Crippen molar-refractivity contribution in [2.75, 3.05) is 32.7 Å². The molecule has 4 fully saturated rings. The van der Waals surface area contributed by atoms with Gasteiger partial charge in [-0.1, -0.05) is 68.9 Å². The highest BCUT2D eigenvalue weighted by molar-refractivity contribution is 5.74. The lowest BCUT2D eigenvalue weighted by Gasteiger charge is -2.35. The van der Waals surface area contributed by atoms with Crippen molar-refractivity contribution >= 4 is 5.97 Å². The van der Waals surface area contributed by atoms with Gasteiger partial charge in [-0.3, -0.25) is 14.8 Å². The second kappa shape index (κ2) is 12.6. The SMILES string of the molecule is O=C(O)[C@@H](C1CCCCC1)N1CC(c2ccccc2)[C@@H](CN2CCC(c3cc(C4CCCCC4)n[nH]3)CC2)C1. The molecular formula is C33H48N4O2. The Hall–Kier alpha value is -2.18. The summed E-state index contributed by atoms with van der Waals surface area (Å²) in [5.74, 6) is 1.81. The van der Waals surface area contributed by atoms with E-state index in [1.54, 1.807) is 0 Å². The summed E-state index contributed by atoms with van der Waals surface area (Å²) in [6.45, 7) is 5.07. The Morgan fingerprint density at radius 1 is 0.897 bits per heavy atom. The zero-order valence-corrected chi connectivity index (χ0v) is 23.6. The number of carboxylic acids is 1. The van der Waals surface area contributed by atoms with Crippen molar-refractivity contribution in [2.24, 2.45) is 11.8 Å². The van der Waals surface area contributed by atoms with Gasteiger partial charge >= 0.3 is 5.97 Å². The first-order valence-corrected chi connectivity index (χ1v) is 15.9. The van der Waals surface area contributed by atoms with Gasteiger partial charge in [-0.25, -0.2) is 0 Å². The first-order valence-electron chi connectivity index (χ1n) is 15.9. The van der Waals surface area contributed by atoms with Crippen LogP contribution in [-0.2, 0) is 4.79 Å². The number of carbonyl (C=O) groups is 1. The standard InChI is InChI=1S/C33H48N4O2/c38-33(39)32(27-14-8-3-9-15-27)37-22-28(29(23-37)24-10-4-1-5-11-24)21-36-18-16-26(17-19-36)31-20-30(34-35-31)25-12-6-2-7-13-25/h1,4-5,10-11,20,25-29,32H,2-3,6-9,12-19,21-23H2,(H,34,35)(H,38,39)/t28-,29?,32+/m0/s1. The molecule has 0 spiro atoms. The van der Waals surface area contributed by atoms with Crippen LogP contribution in [0.4, 0.5) is 0 Å². The number of H-pyrrole nitrogens is 1. The first-order chi connectivity index (χ1) is 19.2. The van der Waals surface area contributed by atoms with Crippen LogP contribution < -0.4 is 0 Å². The van der Waals surface area contributed by atoms with E-state index in [-0.39, 0.29) is 6.04 Å². The quantitative estimate of drug-likeness (QED) is 0.412. The van der Waals surface area contributed by atoms with Gasteiger partial charge in [-0.05, 0) is 75.1 Å². The van der Waals surface area contributed by atoms with E-state index in [4.69, 9.17) is 5.10 Å². The maximum atomic E-state index is 12.5. The fraction of sp³-hybridized carbons (Fsp3) is 0.697. The number of hydrogen-bond acceptors (Lipinski definition) is 4. The Morgan fingerprint density at radius 2 is 1.59 bits per heavy atom. The van der Waals surface area contributed by atoms with E-state index in [0.717, 1.165) is 45.6 Å². The average molecular weight is 533 g/mol. The van der Waals surface area contributed by atoms with Crippen LogP contribution in [0.3, 0.4) is 0 Å². The highest BCUT2D eigenvalue weighted by atomic mass is 16.4. The Labute approximate surface area is 234 Å².